The van der Waals surface area contributed by atoms with E-state index in [0.29, 0.717) is 22.1 Å². The van der Waals surface area contributed by atoms with Crippen molar-refractivity contribution in [3.8, 4) is 5.75 Å². The molecule has 0 aromatic heterocycles. The molecule has 2 heterocycles. The predicted octanol–water partition coefficient (Wildman–Crippen LogP) is 3.91. The van der Waals surface area contributed by atoms with Gasteiger partial charge in [0, 0.05) is 29.3 Å². The Morgan fingerprint density at radius 1 is 1.31 bits per heavy atom. The molecule has 2 aliphatic rings. The summed E-state index contributed by atoms with van der Waals surface area (Å²) in [7, 11) is 0. The summed E-state index contributed by atoms with van der Waals surface area (Å²) in [6, 6.07) is 10.4. The third-order valence-corrected chi connectivity index (χ3v) is 5.51. The molecule has 0 saturated carbocycles. The van der Waals surface area contributed by atoms with Crippen molar-refractivity contribution in [2.45, 2.75) is 25.6 Å². The second-order valence-corrected chi connectivity index (χ2v) is 7.05. The highest BCUT2D eigenvalue weighted by molar-refractivity contribution is 7.80. The van der Waals surface area contributed by atoms with Crippen molar-refractivity contribution >= 4 is 28.7 Å². The minimum Gasteiger partial charge on any atom is -0.467 e. The Morgan fingerprint density at radius 2 is 2.00 bits per heavy atom. The van der Waals surface area contributed by atoms with Gasteiger partial charge in [0.2, 0.25) is 0 Å². The molecule has 1 N–H and O–H groups in total. The number of non-ortho nitro benzene ring substituents is 1. The van der Waals surface area contributed by atoms with E-state index in [1.54, 1.807) is 18.2 Å². The van der Waals surface area contributed by atoms with Crippen molar-refractivity contribution in [3.63, 3.8) is 0 Å². The topological polar surface area (TPSA) is 67.6 Å². The van der Waals surface area contributed by atoms with Crippen LogP contribution in [0, 0.1) is 21.8 Å². The molecule has 6 nitrogen and oxygen atoms in total. The van der Waals surface area contributed by atoms with E-state index in [1.807, 2.05) is 18.7 Å². The van der Waals surface area contributed by atoms with E-state index in [4.69, 9.17) is 17.0 Å². The molecule has 2 bridgehead atoms. The van der Waals surface area contributed by atoms with E-state index >= 15 is 0 Å². The van der Waals surface area contributed by atoms with Crippen LogP contribution in [0.15, 0.2) is 42.5 Å². The smallest absolute Gasteiger partial charge is 0.270 e. The lowest BCUT2D eigenvalue weighted by Gasteiger charge is -2.56. The van der Waals surface area contributed by atoms with Gasteiger partial charge >= 0.3 is 0 Å². The molecule has 4 rings (SSSR count). The van der Waals surface area contributed by atoms with Gasteiger partial charge in [0.1, 0.15) is 11.6 Å². The number of nitrogens with zero attached hydrogens (tertiary/aromatic N) is 2. The Bertz CT molecular complexity index is 920. The van der Waals surface area contributed by atoms with E-state index in [2.05, 4.69) is 5.32 Å². The van der Waals surface area contributed by atoms with E-state index in [-0.39, 0.29) is 23.5 Å². The van der Waals surface area contributed by atoms with Gasteiger partial charge in [0.15, 0.2) is 10.8 Å². The van der Waals surface area contributed by atoms with E-state index in [9.17, 15) is 14.5 Å². The minimum absolute atomic E-state index is 0.0110. The fraction of sp³-hybridized carbons (Fsp3) is 0.278. The monoisotopic (exact) mass is 373 g/mol. The molecule has 0 aliphatic carbocycles. The molecule has 134 valence electrons. The number of nitro benzene ring substituents is 1. The zero-order chi connectivity index (χ0) is 18.6. The Hall–Kier alpha value is -2.74. The summed E-state index contributed by atoms with van der Waals surface area (Å²) in [5, 5.41) is 14.8. The Kier molecular flexibility index (Phi) is 3.62. The van der Waals surface area contributed by atoms with Crippen LogP contribution in [0.5, 0.6) is 5.75 Å². The lowest BCUT2D eigenvalue weighted by atomic mass is 9.80. The minimum atomic E-state index is -0.812. The number of ether oxygens (including phenoxy) is 1. The second kappa shape index (κ2) is 5.63. The first-order valence-electron chi connectivity index (χ1n) is 8.15. The quantitative estimate of drug-likeness (QED) is 0.489. The number of halogens is 1. The number of nitrogens with one attached hydrogen (secondary N) is 1. The largest absolute Gasteiger partial charge is 0.467 e. The molecule has 2 aliphatic heterocycles. The summed E-state index contributed by atoms with van der Waals surface area (Å²) < 4.78 is 19.6. The summed E-state index contributed by atoms with van der Waals surface area (Å²) in [6.07, 6.45) is 0. The molecule has 0 spiro atoms. The number of hydrogen-bond donors (Lipinski definition) is 1. The number of fused-ring (bicyclic) bond motifs is 4. The van der Waals surface area contributed by atoms with Crippen molar-refractivity contribution in [2.24, 2.45) is 5.92 Å². The van der Waals surface area contributed by atoms with Gasteiger partial charge < -0.3 is 10.1 Å². The van der Waals surface area contributed by atoms with Crippen LogP contribution in [0.25, 0.3) is 0 Å². The van der Waals surface area contributed by atoms with Crippen molar-refractivity contribution < 1.29 is 14.1 Å². The average Bonchev–Trinajstić information content (AvgIpc) is 2.59. The highest BCUT2D eigenvalue weighted by Crippen LogP contribution is 2.49. The van der Waals surface area contributed by atoms with E-state index in [1.165, 1.54) is 24.3 Å². The zero-order valence-electron chi connectivity index (χ0n) is 14.1. The Morgan fingerprint density at radius 3 is 2.65 bits per heavy atom. The van der Waals surface area contributed by atoms with Crippen molar-refractivity contribution in [3.05, 3.63) is 64.0 Å². The van der Waals surface area contributed by atoms with Gasteiger partial charge in [-0.1, -0.05) is 6.92 Å². The molecule has 0 amide bonds. The molecule has 0 unspecified atom stereocenters. The molecule has 1 fully saturated rings. The van der Waals surface area contributed by atoms with Gasteiger partial charge in [-0.25, -0.2) is 4.39 Å². The molecule has 1 saturated heterocycles. The van der Waals surface area contributed by atoms with Gasteiger partial charge in [0.05, 0.1) is 11.0 Å². The van der Waals surface area contributed by atoms with Gasteiger partial charge in [-0.15, -0.1) is 0 Å². The maximum Gasteiger partial charge on any atom is 0.270 e. The lowest BCUT2D eigenvalue weighted by molar-refractivity contribution is -0.385. The first-order chi connectivity index (χ1) is 12.3. The first kappa shape index (κ1) is 16.7. The van der Waals surface area contributed by atoms with Crippen LogP contribution in [0.4, 0.5) is 15.8 Å². The third-order valence-electron chi connectivity index (χ3n) is 5.21. The van der Waals surface area contributed by atoms with Gasteiger partial charge in [-0.2, -0.15) is 0 Å². The number of thiocarbonyl (C=S) groups is 1. The molecule has 3 atom stereocenters. The van der Waals surface area contributed by atoms with Crippen LogP contribution in [-0.2, 0) is 0 Å². The zero-order valence-corrected chi connectivity index (χ0v) is 14.9. The first-order valence-corrected chi connectivity index (χ1v) is 8.56. The summed E-state index contributed by atoms with van der Waals surface area (Å²) in [5.74, 6) is 0.167. The van der Waals surface area contributed by atoms with E-state index in [0.717, 1.165) is 0 Å². The molecular formula is C18H16FN3O3S. The molecule has 8 heteroatoms. The van der Waals surface area contributed by atoms with Crippen LogP contribution in [0.1, 0.15) is 25.5 Å². The SMILES string of the molecule is C[C@@H]1[C@H]2NC(=S)N(c3ccc(F)cc3)[C@@]1(C)Oc1ccc([N+](=O)[O-])cc12. The number of nitro groups is 1. The van der Waals surface area contributed by atoms with Gasteiger partial charge in [-0.3, -0.25) is 15.0 Å². The van der Waals surface area contributed by atoms with Gasteiger partial charge in [-0.05, 0) is 49.5 Å². The van der Waals surface area contributed by atoms with E-state index < -0.39 is 10.6 Å². The van der Waals surface area contributed by atoms with Gasteiger partial charge in [0.25, 0.3) is 5.69 Å². The van der Waals surface area contributed by atoms with Crippen LogP contribution in [0.2, 0.25) is 0 Å². The maximum atomic E-state index is 13.3. The van der Waals surface area contributed by atoms with Crippen LogP contribution in [-0.4, -0.2) is 15.8 Å². The Balaban J connectivity index is 1.82. The predicted molar refractivity (Wildman–Crippen MR) is 98.6 cm³/mol. The number of benzene rings is 2. The lowest BCUT2D eigenvalue weighted by Crippen LogP contribution is -2.69. The van der Waals surface area contributed by atoms with Crippen LogP contribution in [0.3, 0.4) is 0 Å². The maximum absolute atomic E-state index is 13.3. The number of rotatable bonds is 2. The number of anilines is 1. The summed E-state index contributed by atoms with van der Waals surface area (Å²) in [4.78, 5) is 12.5. The third kappa shape index (κ3) is 2.33. The van der Waals surface area contributed by atoms with Crippen LogP contribution >= 0.6 is 12.2 Å². The highest BCUT2D eigenvalue weighted by Gasteiger charge is 2.54. The highest BCUT2D eigenvalue weighted by atomic mass is 32.1. The number of hydrogen-bond acceptors (Lipinski definition) is 4. The summed E-state index contributed by atoms with van der Waals surface area (Å²) in [6.45, 7) is 3.92. The summed E-state index contributed by atoms with van der Waals surface area (Å²) >= 11 is 5.54. The average molecular weight is 373 g/mol. The van der Waals surface area contributed by atoms with Crippen molar-refractivity contribution in [1.29, 1.82) is 0 Å². The standard InChI is InChI=1S/C18H16FN3O3S/c1-10-16-14-9-13(22(23)24)7-8-15(14)25-18(10,2)21(17(26)20-16)12-5-3-11(19)4-6-12/h3-10,16H,1-2H3,(H,20,26)/t10-,16-,18+/m1/s1. The Labute approximate surface area is 154 Å². The summed E-state index contributed by atoms with van der Waals surface area (Å²) in [5.41, 5.74) is 0.623. The fourth-order valence-corrected chi connectivity index (χ4v) is 4.11. The normalized spacial score (nSPS) is 26.6. The van der Waals surface area contributed by atoms with Crippen LogP contribution < -0.4 is 15.0 Å². The molecule has 0 radical (unpaired) electrons. The molecular weight excluding hydrogens is 357 g/mol. The molecule has 2 aromatic carbocycles. The molecule has 26 heavy (non-hydrogen) atoms. The fourth-order valence-electron chi connectivity index (χ4n) is 3.69. The molecule has 2 aromatic rings. The van der Waals surface area contributed by atoms with Crippen molar-refractivity contribution in [1.82, 2.24) is 5.32 Å². The van der Waals surface area contributed by atoms with Crippen molar-refractivity contribution in [2.75, 3.05) is 4.90 Å². The second-order valence-electron chi connectivity index (χ2n) is 6.66.